The lowest BCUT2D eigenvalue weighted by molar-refractivity contribution is 0.0952. The van der Waals surface area contributed by atoms with Crippen LogP contribution in [0.1, 0.15) is 21.5 Å². The quantitative estimate of drug-likeness (QED) is 0.557. The number of pyridine rings is 1. The number of nitrogens with one attached hydrogen (secondary N) is 1. The highest BCUT2D eigenvalue weighted by Crippen LogP contribution is 2.23. The summed E-state index contributed by atoms with van der Waals surface area (Å²) in [4.78, 5) is 17.1. The molecule has 2 aromatic heterocycles. The monoisotopic (exact) mass is 371 g/mol. The second kappa shape index (κ2) is 7.96. The highest BCUT2D eigenvalue weighted by Gasteiger charge is 2.15. The van der Waals surface area contributed by atoms with Gasteiger partial charge in [-0.25, -0.2) is 4.98 Å². The first kappa shape index (κ1) is 17.8. The molecule has 0 spiro atoms. The van der Waals surface area contributed by atoms with Crippen LogP contribution in [0, 0.1) is 0 Å². The van der Waals surface area contributed by atoms with Gasteiger partial charge in [0.2, 0.25) is 5.88 Å². The molecule has 2 heterocycles. The number of carbonyl (C=O) groups excluding carboxylic acids is 1. The molecule has 28 heavy (non-hydrogen) atoms. The Kier molecular flexibility index (Phi) is 5.06. The van der Waals surface area contributed by atoms with Crippen molar-refractivity contribution in [1.82, 2.24) is 14.9 Å². The van der Waals surface area contributed by atoms with Crippen molar-refractivity contribution in [2.75, 3.05) is 7.11 Å². The van der Waals surface area contributed by atoms with Crippen molar-refractivity contribution in [2.24, 2.45) is 0 Å². The molecule has 0 aliphatic carbocycles. The highest BCUT2D eigenvalue weighted by atomic mass is 16.5. The Morgan fingerprint density at radius 1 is 1.04 bits per heavy atom. The Hall–Kier alpha value is -3.60. The molecule has 0 bridgehead atoms. The molecule has 0 saturated carbocycles. The number of hydrogen-bond acceptors (Lipinski definition) is 3. The van der Waals surface area contributed by atoms with Crippen LogP contribution in [0.5, 0.6) is 5.88 Å². The van der Waals surface area contributed by atoms with E-state index in [-0.39, 0.29) is 5.91 Å². The van der Waals surface area contributed by atoms with E-state index in [9.17, 15) is 4.79 Å². The fourth-order valence-electron chi connectivity index (χ4n) is 3.35. The molecular weight excluding hydrogens is 350 g/mol. The zero-order chi connectivity index (χ0) is 19.3. The van der Waals surface area contributed by atoms with Gasteiger partial charge in [0.25, 0.3) is 5.91 Å². The summed E-state index contributed by atoms with van der Waals surface area (Å²) in [6.45, 7) is 1.07. The number of ether oxygens (including phenoxy) is 1. The zero-order valence-corrected chi connectivity index (χ0v) is 15.6. The molecule has 1 amide bonds. The predicted molar refractivity (Wildman–Crippen MR) is 109 cm³/mol. The third kappa shape index (κ3) is 3.60. The molecule has 0 saturated heterocycles. The van der Waals surface area contributed by atoms with Gasteiger partial charge in [0.05, 0.1) is 12.7 Å². The van der Waals surface area contributed by atoms with Gasteiger partial charge in [-0.1, -0.05) is 54.6 Å². The third-order valence-electron chi connectivity index (χ3n) is 4.71. The number of amides is 1. The predicted octanol–water partition coefficient (Wildman–Crippen LogP) is 4.02. The van der Waals surface area contributed by atoms with Crippen LogP contribution < -0.4 is 10.1 Å². The van der Waals surface area contributed by atoms with E-state index in [1.165, 1.54) is 5.56 Å². The van der Waals surface area contributed by atoms with E-state index in [0.29, 0.717) is 24.5 Å². The van der Waals surface area contributed by atoms with E-state index in [1.54, 1.807) is 13.3 Å². The van der Waals surface area contributed by atoms with Crippen molar-refractivity contribution in [2.45, 2.75) is 13.1 Å². The van der Waals surface area contributed by atoms with Gasteiger partial charge in [0.1, 0.15) is 0 Å². The standard InChI is InChI=1S/C23H21N3O2/c1-28-23-18(10-7-13-24-23)14-25-22(27)20-16-26(15-17-8-3-2-4-9-17)21-12-6-5-11-19(20)21/h2-13,16H,14-15H2,1H3,(H,25,27). The third-order valence-corrected chi connectivity index (χ3v) is 4.71. The smallest absolute Gasteiger partial charge is 0.253 e. The molecule has 0 radical (unpaired) electrons. The molecule has 5 nitrogen and oxygen atoms in total. The Bertz CT molecular complexity index is 1100. The number of nitrogens with zero attached hydrogens (tertiary/aromatic N) is 2. The van der Waals surface area contributed by atoms with Crippen molar-refractivity contribution >= 4 is 16.8 Å². The van der Waals surface area contributed by atoms with Gasteiger partial charge in [-0.05, 0) is 17.7 Å². The lowest BCUT2D eigenvalue weighted by atomic mass is 10.1. The number of rotatable bonds is 6. The van der Waals surface area contributed by atoms with Gasteiger partial charge >= 0.3 is 0 Å². The van der Waals surface area contributed by atoms with Crippen LogP contribution >= 0.6 is 0 Å². The van der Waals surface area contributed by atoms with Gasteiger partial charge in [-0.15, -0.1) is 0 Å². The maximum atomic E-state index is 12.9. The van der Waals surface area contributed by atoms with Gasteiger partial charge in [-0.2, -0.15) is 0 Å². The highest BCUT2D eigenvalue weighted by molar-refractivity contribution is 6.07. The van der Waals surface area contributed by atoms with Gasteiger partial charge in [-0.3, -0.25) is 4.79 Å². The fraction of sp³-hybridized carbons (Fsp3) is 0.130. The van der Waals surface area contributed by atoms with Crippen LogP contribution in [0.4, 0.5) is 0 Å². The first-order valence-corrected chi connectivity index (χ1v) is 9.14. The van der Waals surface area contributed by atoms with E-state index < -0.39 is 0 Å². The second-order valence-electron chi connectivity index (χ2n) is 6.53. The Labute approximate surface area is 163 Å². The molecule has 0 aliphatic rings. The maximum Gasteiger partial charge on any atom is 0.253 e. The molecule has 140 valence electrons. The molecule has 0 aliphatic heterocycles. The lowest BCUT2D eigenvalue weighted by Crippen LogP contribution is -2.23. The Balaban J connectivity index is 1.60. The minimum atomic E-state index is -0.117. The molecule has 2 aromatic carbocycles. The summed E-state index contributed by atoms with van der Waals surface area (Å²) in [6, 6.07) is 21.9. The number of aromatic nitrogens is 2. The average molecular weight is 371 g/mol. The molecule has 5 heteroatoms. The average Bonchev–Trinajstić information content (AvgIpc) is 3.11. The Morgan fingerprint density at radius 3 is 2.64 bits per heavy atom. The summed E-state index contributed by atoms with van der Waals surface area (Å²) in [5.74, 6) is 0.406. The van der Waals surface area contributed by atoms with E-state index in [2.05, 4.69) is 27.0 Å². The normalized spacial score (nSPS) is 10.8. The van der Waals surface area contributed by atoms with Crippen molar-refractivity contribution < 1.29 is 9.53 Å². The minimum Gasteiger partial charge on any atom is -0.481 e. The van der Waals surface area contributed by atoms with E-state index in [0.717, 1.165) is 16.5 Å². The lowest BCUT2D eigenvalue weighted by Gasteiger charge is -2.08. The number of benzene rings is 2. The number of para-hydroxylation sites is 1. The molecule has 4 rings (SSSR count). The summed E-state index contributed by atoms with van der Waals surface area (Å²) in [5.41, 5.74) is 3.73. The van der Waals surface area contributed by atoms with Crippen LogP contribution in [0.3, 0.4) is 0 Å². The number of methoxy groups -OCH3 is 1. The van der Waals surface area contributed by atoms with Crippen LogP contribution in [-0.2, 0) is 13.1 Å². The molecule has 1 N–H and O–H groups in total. The van der Waals surface area contributed by atoms with E-state index >= 15 is 0 Å². The molecule has 4 aromatic rings. The van der Waals surface area contributed by atoms with Crippen LogP contribution in [0.15, 0.2) is 79.1 Å². The SMILES string of the molecule is COc1ncccc1CNC(=O)c1cn(Cc2ccccc2)c2ccccc12. The fourth-order valence-corrected chi connectivity index (χ4v) is 3.35. The second-order valence-corrected chi connectivity index (χ2v) is 6.53. The topological polar surface area (TPSA) is 56.1 Å². The Morgan fingerprint density at radius 2 is 1.82 bits per heavy atom. The molecule has 0 unspecified atom stereocenters. The summed E-state index contributed by atoms with van der Waals surface area (Å²) < 4.78 is 7.37. The first-order valence-electron chi connectivity index (χ1n) is 9.14. The minimum absolute atomic E-state index is 0.117. The van der Waals surface area contributed by atoms with Crippen LogP contribution in [-0.4, -0.2) is 22.6 Å². The van der Waals surface area contributed by atoms with Crippen LogP contribution in [0.25, 0.3) is 10.9 Å². The van der Waals surface area contributed by atoms with Crippen molar-refractivity contribution in [3.05, 3.63) is 95.8 Å². The summed E-state index contributed by atoms with van der Waals surface area (Å²) in [6.07, 6.45) is 3.59. The largest absolute Gasteiger partial charge is 0.481 e. The first-order chi connectivity index (χ1) is 13.8. The summed E-state index contributed by atoms with van der Waals surface area (Å²) >= 11 is 0. The van der Waals surface area contributed by atoms with Crippen molar-refractivity contribution in [3.8, 4) is 5.88 Å². The van der Waals surface area contributed by atoms with E-state index in [4.69, 9.17) is 4.74 Å². The summed E-state index contributed by atoms with van der Waals surface area (Å²) in [5, 5.41) is 3.93. The maximum absolute atomic E-state index is 12.9. The number of carbonyl (C=O) groups is 1. The number of hydrogen-bond donors (Lipinski definition) is 1. The summed E-state index contributed by atoms with van der Waals surface area (Å²) in [7, 11) is 1.57. The molecular formula is C23H21N3O2. The molecule has 0 atom stereocenters. The van der Waals surface area contributed by atoms with E-state index in [1.807, 2.05) is 60.8 Å². The zero-order valence-electron chi connectivity index (χ0n) is 15.6. The van der Waals surface area contributed by atoms with Crippen molar-refractivity contribution in [3.63, 3.8) is 0 Å². The number of fused-ring (bicyclic) bond motifs is 1. The van der Waals surface area contributed by atoms with Gasteiger partial charge in [0.15, 0.2) is 0 Å². The van der Waals surface area contributed by atoms with Crippen molar-refractivity contribution in [1.29, 1.82) is 0 Å². The van der Waals surface area contributed by atoms with Crippen LogP contribution in [0.2, 0.25) is 0 Å². The molecule has 0 fully saturated rings. The van der Waals surface area contributed by atoms with Gasteiger partial charge < -0.3 is 14.6 Å². The van der Waals surface area contributed by atoms with Gasteiger partial charge in [0, 0.05) is 41.9 Å².